The molecule has 4 heteroatoms. The molecule has 0 bridgehead atoms. The second-order valence-electron chi connectivity index (χ2n) is 6.63. The Balaban J connectivity index is 1.63. The third kappa shape index (κ3) is 3.07. The Morgan fingerprint density at radius 3 is 2.32 bits per heavy atom. The van der Waals surface area contributed by atoms with Gasteiger partial charge in [-0.15, -0.1) is 0 Å². The van der Waals surface area contributed by atoms with Gasteiger partial charge in [0.05, 0.1) is 0 Å². The van der Waals surface area contributed by atoms with Crippen molar-refractivity contribution < 1.29 is 9.90 Å². The number of carbonyl (C=O) groups is 1. The second-order valence-corrected chi connectivity index (χ2v) is 6.63. The topological polar surface area (TPSA) is 55.1 Å². The molecular weight excluding hydrogens is 312 g/mol. The van der Waals surface area contributed by atoms with E-state index in [0.717, 1.165) is 29.9 Å². The molecule has 4 nitrogen and oxygen atoms in total. The summed E-state index contributed by atoms with van der Waals surface area (Å²) in [7, 11) is 0. The summed E-state index contributed by atoms with van der Waals surface area (Å²) in [4.78, 5) is 15.8. The summed E-state index contributed by atoms with van der Waals surface area (Å²) >= 11 is 0. The Labute approximate surface area is 146 Å². The van der Waals surface area contributed by atoms with Gasteiger partial charge in [-0.25, -0.2) is 9.78 Å². The van der Waals surface area contributed by atoms with E-state index in [2.05, 4.69) is 45.9 Å². The van der Waals surface area contributed by atoms with Gasteiger partial charge >= 0.3 is 5.97 Å². The third-order valence-electron chi connectivity index (χ3n) is 4.80. The summed E-state index contributed by atoms with van der Waals surface area (Å²) in [5.74, 6) is 0.384. The van der Waals surface area contributed by atoms with E-state index in [9.17, 15) is 9.90 Å². The van der Waals surface area contributed by atoms with Crippen LogP contribution in [0.3, 0.4) is 0 Å². The van der Waals surface area contributed by atoms with Crippen LogP contribution in [0.25, 0.3) is 11.1 Å². The van der Waals surface area contributed by atoms with E-state index in [1.165, 1.54) is 11.1 Å². The van der Waals surface area contributed by atoms with Crippen molar-refractivity contribution in [3.8, 4) is 11.1 Å². The molecule has 0 spiro atoms. The monoisotopic (exact) mass is 332 g/mol. The van der Waals surface area contributed by atoms with Crippen molar-refractivity contribution >= 4 is 5.97 Å². The molecule has 0 amide bonds. The molecule has 126 valence electrons. The lowest BCUT2D eigenvalue weighted by atomic mass is 10.0. The van der Waals surface area contributed by atoms with Gasteiger partial charge in [-0.3, -0.25) is 0 Å². The summed E-state index contributed by atoms with van der Waals surface area (Å²) in [6.45, 7) is 2.51. The molecule has 1 saturated carbocycles. The number of aromatic nitrogens is 2. The van der Waals surface area contributed by atoms with Crippen LogP contribution in [0.4, 0.5) is 0 Å². The number of hydrogen-bond acceptors (Lipinski definition) is 2. The molecule has 0 radical (unpaired) electrons. The Kier molecular flexibility index (Phi) is 3.88. The van der Waals surface area contributed by atoms with Crippen LogP contribution in [-0.2, 0) is 6.54 Å². The van der Waals surface area contributed by atoms with Crippen molar-refractivity contribution in [2.75, 3.05) is 0 Å². The summed E-state index contributed by atoms with van der Waals surface area (Å²) < 4.78 is 2.07. The van der Waals surface area contributed by atoms with Crippen molar-refractivity contribution in [2.45, 2.75) is 32.2 Å². The average molecular weight is 332 g/mol. The van der Waals surface area contributed by atoms with E-state index in [4.69, 9.17) is 0 Å². The predicted octanol–water partition coefficient (Wildman–Crippen LogP) is 4.48. The maximum atomic E-state index is 11.4. The minimum absolute atomic E-state index is 0.183. The number of rotatable bonds is 5. The fraction of sp³-hybridized carbons (Fsp3) is 0.238. The molecule has 2 aromatic carbocycles. The molecule has 0 unspecified atom stereocenters. The SMILES string of the molecule is Cc1c(C(=O)O)nc(C2CC2)n1Cc1ccc(-c2ccccc2)cc1. The molecule has 1 aromatic heterocycles. The van der Waals surface area contributed by atoms with Crippen LogP contribution in [0.5, 0.6) is 0 Å². The van der Waals surface area contributed by atoms with Crippen LogP contribution in [0.15, 0.2) is 54.6 Å². The quantitative estimate of drug-likeness (QED) is 0.749. The van der Waals surface area contributed by atoms with Crippen LogP contribution >= 0.6 is 0 Å². The van der Waals surface area contributed by atoms with Gasteiger partial charge in [0.2, 0.25) is 0 Å². The summed E-state index contributed by atoms with van der Waals surface area (Å²) in [6.07, 6.45) is 2.20. The van der Waals surface area contributed by atoms with Crippen molar-refractivity contribution in [3.05, 3.63) is 77.4 Å². The number of hydrogen-bond donors (Lipinski definition) is 1. The third-order valence-corrected chi connectivity index (χ3v) is 4.80. The second kappa shape index (κ2) is 6.20. The first-order valence-electron chi connectivity index (χ1n) is 8.58. The normalized spacial score (nSPS) is 13.8. The van der Waals surface area contributed by atoms with Crippen LogP contribution in [-0.4, -0.2) is 20.6 Å². The van der Waals surface area contributed by atoms with E-state index in [1.54, 1.807) is 0 Å². The minimum Gasteiger partial charge on any atom is -0.476 e. The maximum absolute atomic E-state index is 11.4. The van der Waals surface area contributed by atoms with Gasteiger partial charge in [-0.05, 0) is 36.5 Å². The summed E-state index contributed by atoms with van der Waals surface area (Å²) in [5, 5.41) is 9.36. The molecule has 4 rings (SSSR count). The first-order chi connectivity index (χ1) is 12.1. The molecule has 25 heavy (non-hydrogen) atoms. The fourth-order valence-electron chi connectivity index (χ4n) is 3.23. The highest BCUT2D eigenvalue weighted by atomic mass is 16.4. The van der Waals surface area contributed by atoms with Crippen molar-refractivity contribution in [2.24, 2.45) is 0 Å². The number of aromatic carboxylic acids is 1. The standard InChI is InChI=1S/C21H20N2O2/c1-14-19(21(24)25)22-20(18-11-12-18)23(14)13-15-7-9-17(10-8-15)16-5-3-2-4-6-16/h2-10,18H,11-13H2,1H3,(H,24,25). The Morgan fingerprint density at radius 1 is 1.08 bits per heavy atom. The highest BCUT2D eigenvalue weighted by molar-refractivity contribution is 5.86. The number of carboxylic acid groups (broad SMARTS) is 1. The molecule has 3 aromatic rings. The van der Waals surface area contributed by atoms with Gasteiger partial charge in [0.1, 0.15) is 5.82 Å². The first kappa shape index (κ1) is 15.6. The van der Waals surface area contributed by atoms with E-state index in [0.29, 0.717) is 12.5 Å². The molecule has 1 fully saturated rings. The van der Waals surface area contributed by atoms with Gasteiger partial charge in [0.25, 0.3) is 0 Å². The molecule has 0 aliphatic heterocycles. The minimum atomic E-state index is -0.947. The predicted molar refractivity (Wildman–Crippen MR) is 96.9 cm³/mol. The highest BCUT2D eigenvalue weighted by Gasteiger charge is 2.31. The van der Waals surface area contributed by atoms with Crippen LogP contribution in [0, 0.1) is 6.92 Å². The zero-order valence-corrected chi connectivity index (χ0v) is 14.1. The zero-order valence-electron chi connectivity index (χ0n) is 14.1. The Bertz CT molecular complexity index is 907. The van der Waals surface area contributed by atoms with E-state index in [-0.39, 0.29) is 5.69 Å². The van der Waals surface area contributed by atoms with Gasteiger partial charge in [0, 0.05) is 18.2 Å². The van der Waals surface area contributed by atoms with Crippen molar-refractivity contribution in [1.82, 2.24) is 9.55 Å². The largest absolute Gasteiger partial charge is 0.476 e. The zero-order chi connectivity index (χ0) is 17.4. The van der Waals surface area contributed by atoms with Crippen molar-refractivity contribution in [3.63, 3.8) is 0 Å². The van der Waals surface area contributed by atoms with Gasteiger partial charge in [-0.1, -0.05) is 54.6 Å². The average Bonchev–Trinajstić information content (AvgIpc) is 3.42. The number of nitrogens with zero attached hydrogens (tertiary/aromatic N) is 2. The van der Waals surface area contributed by atoms with Gasteiger partial charge in [-0.2, -0.15) is 0 Å². The lowest BCUT2D eigenvalue weighted by Crippen LogP contribution is -2.07. The molecule has 0 saturated heterocycles. The molecule has 1 N–H and O–H groups in total. The number of imidazole rings is 1. The van der Waals surface area contributed by atoms with E-state index in [1.807, 2.05) is 25.1 Å². The Morgan fingerprint density at radius 2 is 1.72 bits per heavy atom. The summed E-state index contributed by atoms with van der Waals surface area (Å²) in [5.41, 5.74) is 4.45. The lowest BCUT2D eigenvalue weighted by molar-refractivity contribution is 0.0690. The molecule has 0 atom stereocenters. The van der Waals surface area contributed by atoms with Crippen molar-refractivity contribution in [1.29, 1.82) is 0 Å². The molecule has 1 aliphatic rings. The van der Waals surface area contributed by atoms with Gasteiger partial charge < -0.3 is 9.67 Å². The lowest BCUT2D eigenvalue weighted by Gasteiger charge is -2.11. The highest BCUT2D eigenvalue weighted by Crippen LogP contribution is 2.40. The molecule has 1 aliphatic carbocycles. The fourth-order valence-corrected chi connectivity index (χ4v) is 3.23. The summed E-state index contributed by atoms with van der Waals surface area (Å²) in [6, 6.07) is 18.7. The Hall–Kier alpha value is -2.88. The van der Waals surface area contributed by atoms with E-state index < -0.39 is 5.97 Å². The van der Waals surface area contributed by atoms with Crippen LogP contribution in [0.2, 0.25) is 0 Å². The molecular formula is C21H20N2O2. The van der Waals surface area contributed by atoms with Gasteiger partial charge in [0.15, 0.2) is 5.69 Å². The number of carboxylic acids is 1. The number of benzene rings is 2. The van der Waals surface area contributed by atoms with Crippen LogP contribution in [0.1, 0.15) is 46.3 Å². The smallest absolute Gasteiger partial charge is 0.356 e. The maximum Gasteiger partial charge on any atom is 0.356 e. The van der Waals surface area contributed by atoms with Crippen LogP contribution < -0.4 is 0 Å². The molecule has 1 heterocycles. The van der Waals surface area contributed by atoms with E-state index >= 15 is 0 Å². The first-order valence-corrected chi connectivity index (χ1v) is 8.58.